The number of aromatic nitrogens is 1. The second kappa shape index (κ2) is 5.26. The number of nitrogens with zero attached hydrogens (tertiary/aromatic N) is 3. The van der Waals surface area contributed by atoms with Crippen LogP contribution < -0.4 is 10.6 Å². The SMILES string of the molecule is CC(C)CCN(c1nccc(C#N)c1N)C1CC1. The van der Waals surface area contributed by atoms with Crippen LogP contribution in [0.3, 0.4) is 0 Å². The maximum Gasteiger partial charge on any atom is 0.153 e. The zero-order chi connectivity index (χ0) is 13.1. The Kier molecular flexibility index (Phi) is 3.71. The molecule has 1 aliphatic carbocycles. The molecule has 0 saturated heterocycles. The summed E-state index contributed by atoms with van der Waals surface area (Å²) in [7, 11) is 0. The van der Waals surface area contributed by atoms with Crippen LogP contribution in [-0.2, 0) is 0 Å². The highest BCUT2D eigenvalue weighted by atomic mass is 15.2. The van der Waals surface area contributed by atoms with Gasteiger partial charge in [0.2, 0.25) is 0 Å². The third kappa shape index (κ3) is 2.73. The maximum atomic E-state index is 9.02. The lowest BCUT2D eigenvalue weighted by atomic mass is 10.1. The van der Waals surface area contributed by atoms with Gasteiger partial charge >= 0.3 is 0 Å². The molecule has 0 aromatic carbocycles. The van der Waals surface area contributed by atoms with Crippen LogP contribution in [0.25, 0.3) is 0 Å². The number of rotatable bonds is 5. The Morgan fingerprint density at radius 1 is 1.56 bits per heavy atom. The molecule has 1 aromatic rings. The number of nitriles is 1. The molecule has 0 amide bonds. The maximum absolute atomic E-state index is 9.02. The van der Waals surface area contributed by atoms with Gasteiger partial charge in [-0.1, -0.05) is 13.8 Å². The van der Waals surface area contributed by atoms with E-state index >= 15 is 0 Å². The van der Waals surface area contributed by atoms with Gasteiger partial charge in [-0.05, 0) is 31.2 Å². The van der Waals surface area contributed by atoms with Crippen molar-refractivity contribution in [2.45, 2.75) is 39.2 Å². The molecule has 0 unspecified atom stereocenters. The molecule has 18 heavy (non-hydrogen) atoms. The van der Waals surface area contributed by atoms with E-state index < -0.39 is 0 Å². The molecule has 1 saturated carbocycles. The van der Waals surface area contributed by atoms with E-state index in [1.54, 1.807) is 12.3 Å². The molecule has 1 heterocycles. The normalized spacial score (nSPS) is 14.6. The summed E-state index contributed by atoms with van der Waals surface area (Å²) in [5.41, 5.74) is 7.09. The third-order valence-electron chi connectivity index (χ3n) is 3.30. The molecule has 1 aliphatic rings. The van der Waals surface area contributed by atoms with E-state index in [2.05, 4.69) is 29.8 Å². The van der Waals surface area contributed by atoms with Crippen molar-refractivity contribution in [3.63, 3.8) is 0 Å². The molecular formula is C14H20N4. The fraction of sp³-hybridized carbons (Fsp3) is 0.571. The smallest absolute Gasteiger partial charge is 0.153 e. The van der Waals surface area contributed by atoms with Gasteiger partial charge in [-0.15, -0.1) is 0 Å². The minimum Gasteiger partial charge on any atom is -0.395 e. The summed E-state index contributed by atoms with van der Waals surface area (Å²) in [6.45, 7) is 5.40. The Morgan fingerprint density at radius 3 is 2.83 bits per heavy atom. The summed E-state index contributed by atoms with van der Waals surface area (Å²) >= 11 is 0. The summed E-state index contributed by atoms with van der Waals surface area (Å²) in [5, 5.41) is 9.02. The Balaban J connectivity index is 2.23. The number of anilines is 2. The van der Waals surface area contributed by atoms with E-state index in [0.29, 0.717) is 23.2 Å². The number of nitrogen functional groups attached to an aromatic ring is 1. The van der Waals surface area contributed by atoms with Crippen LogP contribution in [0.2, 0.25) is 0 Å². The van der Waals surface area contributed by atoms with Gasteiger partial charge in [-0.2, -0.15) is 5.26 Å². The molecule has 1 aromatic heterocycles. The first-order valence-corrected chi connectivity index (χ1v) is 6.54. The summed E-state index contributed by atoms with van der Waals surface area (Å²) in [6.07, 6.45) is 5.20. The minimum atomic E-state index is 0.523. The van der Waals surface area contributed by atoms with Crippen LogP contribution in [0.15, 0.2) is 12.3 Å². The standard InChI is InChI=1S/C14H20N4/c1-10(2)6-8-18(12-3-4-12)14-13(16)11(9-15)5-7-17-14/h5,7,10,12H,3-4,6,8,16H2,1-2H3. The molecule has 0 aliphatic heterocycles. The van der Waals surface area contributed by atoms with E-state index in [1.165, 1.54) is 12.8 Å². The van der Waals surface area contributed by atoms with Crippen LogP contribution in [0.1, 0.15) is 38.7 Å². The second-order valence-corrected chi connectivity index (χ2v) is 5.31. The van der Waals surface area contributed by atoms with Gasteiger partial charge in [-0.3, -0.25) is 0 Å². The summed E-state index contributed by atoms with van der Waals surface area (Å²) < 4.78 is 0. The van der Waals surface area contributed by atoms with Crippen molar-refractivity contribution in [3.8, 4) is 6.07 Å². The first-order chi connectivity index (χ1) is 8.63. The van der Waals surface area contributed by atoms with Crippen molar-refractivity contribution >= 4 is 11.5 Å². The molecule has 1 fully saturated rings. The quantitative estimate of drug-likeness (QED) is 0.864. The summed E-state index contributed by atoms with van der Waals surface area (Å²) in [5.74, 6) is 1.45. The highest BCUT2D eigenvalue weighted by Crippen LogP contribution is 2.34. The van der Waals surface area contributed by atoms with E-state index in [1.807, 2.05) is 0 Å². The first kappa shape index (κ1) is 12.7. The Morgan fingerprint density at radius 2 is 2.28 bits per heavy atom. The molecule has 96 valence electrons. The van der Waals surface area contributed by atoms with Crippen LogP contribution in [0, 0.1) is 17.2 Å². The molecule has 0 radical (unpaired) electrons. The Hall–Kier alpha value is -1.76. The van der Waals surface area contributed by atoms with Gasteiger partial charge in [0.1, 0.15) is 6.07 Å². The van der Waals surface area contributed by atoms with Crippen molar-refractivity contribution in [2.24, 2.45) is 5.92 Å². The van der Waals surface area contributed by atoms with E-state index in [9.17, 15) is 0 Å². The topological polar surface area (TPSA) is 65.9 Å². The van der Waals surface area contributed by atoms with Gasteiger partial charge < -0.3 is 10.6 Å². The van der Waals surface area contributed by atoms with E-state index in [-0.39, 0.29) is 0 Å². The number of nitrogens with two attached hydrogens (primary N) is 1. The zero-order valence-corrected chi connectivity index (χ0v) is 11.1. The lowest BCUT2D eigenvalue weighted by Crippen LogP contribution is -2.29. The predicted octanol–water partition coefficient (Wildman–Crippen LogP) is 2.55. The van der Waals surface area contributed by atoms with E-state index in [4.69, 9.17) is 11.0 Å². The zero-order valence-electron chi connectivity index (χ0n) is 11.1. The molecular weight excluding hydrogens is 224 g/mol. The van der Waals surface area contributed by atoms with Gasteiger partial charge in [0, 0.05) is 18.8 Å². The lowest BCUT2D eigenvalue weighted by Gasteiger charge is -2.25. The van der Waals surface area contributed by atoms with Crippen LogP contribution >= 0.6 is 0 Å². The van der Waals surface area contributed by atoms with Crippen molar-refractivity contribution in [3.05, 3.63) is 17.8 Å². The molecule has 0 atom stereocenters. The van der Waals surface area contributed by atoms with Gasteiger partial charge in [0.05, 0.1) is 11.3 Å². The van der Waals surface area contributed by atoms with Crippen molar-refractivity contribution in [2.75, 3.05) is 17.2 Å². The predicted molar refractivity (Wildman–Crippen MR) is 73.2 cm³/mol. The molecule has 2 rings (SSSR count). The minimum absolute atomic E-state index is 0.523. The van der Waals surface area contributed by atoms with Crippen molar-refractivity contribution in [1.82, 2.24) is 4.98 Å². The molecule has 2 N–H and O–H groups in total. The van der Waals surface area contributed by atoms with Gasteiger partial charge in [-0.25, -0.2) is 4.98 Å². The van der Waals surface area contributed by atoms with Crippen LogP contribution in [0.5, 0.6) is 0 Å². The highest BCUT2D eigenvalue weighted by molar-refractivity contribution is 5.70. The van der Waals surface area contributed by atoms with Crippen LogP contribution in [0.4, 0.5) is 11.5 Å². The van der Waals surface area contributed by atoms with E-state index in [0.717, 1.165) is 18.8 Å². The monoisotopic (exact) mass is 244 g/mol. The average Bonchev–Trinajstić information content (AvgIpc) is 3.15. The fourth-order valence-corrected chi connectivity index (χ4v) is 2.03. The number of hydrogen-bond donors (Lipinski definition) is 1. The summed E-state index contributed by atoms with van der Waals surface area (Å²) in [4.78, 5) is 6.65. The molecule has 4 heteroatoms. The first-order valence-electron chi connectivity index (χ1n) is 6.54. The number of hydrogen-bond acceptors (Lipinski definition) is 4. The van der Waals surface area contributed by atoms with Crippen molar-refractivity contribution in [1.29, 1.82) is 5.26 Å². The molecule has 4 nitrogen and oxygen atoms in total. The second-order valence-electron chi connectivity index (χ2n) is 5.31. The summed E-state index contributed by atoms with van der Waals surface area (Å²) in [6, 6.07) is 4.36. The lowest BCUT2D eigenvalue weighted by molar-refractivity contribution is 0.569. The number of pyridine rings is 1. The van der Waals surface area contributed by atoms with Crippen LogP contribution in [-0.4, -0.2) is 17.6 Å². The molecule has 0 bridgehead atoms. The molecule has 0 spiro atoms. The van der Waals surface area contributed by atoms with Crippen molar-refractivity contribution < 1.29 is 0 Å². The van der Waals surface area contributed by atoms with Gasteiger partial charge in [0.25, 0.3) is 0 Å². The third-order valence-corrected chi connectivity index (χ3v) is 3.30. The Bertz CT molecular complexity index is 457. The Labute approximate surface area is 108 Å². The average molecular weight is 244 g/mol. The fourth-order valence-electron chi connectivity index (χ4n) is 2.03. The largest absolute Gasteiger partial charge is 0.395 e. The van der Waals surface area contributed by atoms with Gasteiger partial charge in [0.15, 0.2) is 5.82 Å². The highest BCUT2D eigenvalue weighted by Gasteiger charge is 2.31.